The van der Waals surface area contributed by atoms with Gasteiger partial charge in [0.1, 0.15) is 17.7 Å². The van der Waals surface area contributed by atoms with Gasteiger partial charge in [0.2, 0.25) is 0 Å². The lowest BCUT2D eigenvalue weighted by atomic mass is 10.1. The van der Waals surface area contributed by atoms with Gasteiger partial charge in [0.25, 0.3) is 0 Å². The second-order valence-corrected chi connectivity index (χ2v) is 10.9. The molecule has 1 aliphatic rings. The molecule has 3 aromatic rings. The van der Waals surface area contributed by atoms with E-state index in [0.29, 0.717) is 6.61 Å². The Labute approximate surface area is 246 Å². The van der Waals surface area contributed by atoms with Crippen molar-refractivity contribution in [2.45, 2.75) is 65.5 Å². The largest absolute Gasteiger partial charge is 0.493 e. The number of nitrogens with one attached hydrogen (secondary N) is 1. The Morgan fingerprint density at radius 1 is 0.800 bits per heavy atom. The van der Waals surface area contributed by atoms with Gasteiger partial charge in [-0.05, 0) is 73.5 Å². The molecule has 40 heavy (non-hydrogen) atoms. The molecule has 0 fully saturated rings. The zero-order chi connectivity index (χ0) is 28.2. The topological polar surface area (TPSA) is 37.0 Å². The van der Waals surface area contributed by atoms with Crippen molar-refractivity contribution < 1.29 is 9.47 Å². The first-order valence-electron chi connectivity index (χ1n) is 15.1. The van der Waals surface area contributed by atoms with Crippen LogP contribution in [0.3, 0.4) is 0 Å². The first-order chi connectivity index (χ1) is 19.6. The molecule has 216 valence electrons. The van der Waals surface area contributed by atoms with Crippen molar-refractivity contribution in [3.8, 4) is 11.5 Å². The molecule has 1 aliphatic heterocycles. The molecule has 0 saturated heterocycles. The lowest BCUT2D eigenvalue weighted by Gasteiger charge is -2.27. The molecule has 1 heterocycles. The number of nitrogens with zero attached hydrogens (tertiary/aromatic N) is 2. The van der Waals surface area contributed by atoms with Gasteiger partial charge in [-0.15, -0.1) is 0 Å². The molecule has 0 radical (unpaired) electrons. The maximum atomic E-state index is 6.19. The molecule has 3 aromatic carbocycles. The number of halogens is 1. The molecule has 0 amide bonds. The van der Waals surface area contributed by atoms with Crippen LogP contribution >= 0.6 is 11.6 Å². The van der Waals surface area contributed by atoms with E-state index >= 15 is 0 Å². The average molecular weight is 564 g/mol. The first kappa shape index (κ1) is 30.1. The Kier molecular flexibility index (Phi) is 11.9. The van der Waals surface area contributed by atoms with E-state index in [-0.39, 0.29) is 6.17 Å². The highest BCUT2D eigenvalue weighted by Crippen LogP contribution is 2.43. The van der Waals surface area contributed by atoms with Crippen molar-refractivity contribution in [2.24, 2.45) is 0 Å². The third kappa shape index (κ3) is 8.55. The molecular formula is C34H46ClN3O2. The Balaban J connectivity index is 1.38. The second kappa shape index (κ2) is 15.8. The van der Waals surface area contributed by atoms with Gasteiger partial charge < -0.3 is 24.6 Å². The smallest absolute Gasteiger partial charge is 0.126 e. The molecule has 0 bridgehead atoms. The minimum atomic E-state index is 0.0951. The number of anilines is 2. The van der Waals surface area contributed by atoms with E-state index in [2.05, 4.69) is 90.5 Å². The van der Waals surface area contributed by atoms with Crippen LogP contribution in [0.15, 0.2) is 66.7 Å². The van der Waals surface area contributed by atoms with E-state index in [4.69, 9.17) is 21.1 Å². The number of unbranched alkanes of at least 4 members (excludes halogenated alkanes) is 3. The van der Waals surface area contributed by atoms with Crippen LogP contribution in [0, 0.1) is 0 Å². The molecule has 0 spiro atoms. The molecule has 1 unspecified atom stereocenters. The van der Waals surface area contributed by atoms with Crippen LogP contribution in [0.4, 0.5) is 11.4 Å². The summed E-state index contributed by atoms with van der Waals surface area (Å²) in [5, 5.41) is 4.53. The van der Waals surface area contributed by atoms with Crippen molar-refractivity contribution in [1.29, 1.82) is 0 Å². The third-order valence-electron chi connectivity index (χ3n) is 7.69. The highest BCUT2D eigenvalue weighted by atomic mass is 35.5. The summed E-state index contributed by atoms with van der Waals surface area (Å²) in [5.74, 6) is 1.84. The van der Waals surface area contributed by atoms with Crippen LogP contribution in [0.25, 0.3) is 0 Å². The van der Waals surface area contributed by atoms with Gasteiger partial charge in [-0.25, -0.2) is 0 Å². The highest BCUT2D eigenvalue weighted by molar-refractivity contribution is 6.30. The van der Waals surface area contributed by atoms with Gasteiger partial charge in [0.15, 0.2) is 0 Å². The number of benzene rings is 3. The summed E-state index contributed by atoms with van der Waals surface area (Å²) in [4.78, 5) is 4.94. The Bertz CT molecular complexity index is 1150. The van der Waals surface area contributed by atoms with Crippen LogP contribution in [-0.2, 0) is 6.42 Å². The minimum absolute atomic E-state index is 0.0951. The van der Waals surface area contributed by atoms with Crippen molar-refractivity contribution >= 4 is 23.0 Å². The molecular weight excluding hydrogens is 518 g/mol. The average Bonchev–Trinajstić information content (AvgIpc) is 3.34. The number of hydrogen-bond acceptors (Lipinski definition) is 5. The minimum Gasteiger partial charge on any atom is -0.493 e. The SMILES string of the molecule is CCCCCCN1c2cc(OCCCN(CC)CC)ccc2NC1c1ccc(OCCc2ccc(Cl)cc2)cc1. The predicted octanol–water partition coefficient (Wildman–Crippen LogP) is 8.58. The van der Waals surface area contributed by atoms with E-state index in [1.54, 1.807) is 0 Å². The van der Waals surface area contributed by atoms with Crippen LogP contribution in [-0.4, -0.2) is 44.3 Å². The van der Waals surface area contributed by atoms with Gasteiger partial charge in [0, 0.05) is 30.6 Å². The van der Waals surface area contributed by atoms with Gasteiger partial charge in [0.05, 0.1) is 24.6 Å². The summed E-state index contributed by atoms with van der Waals surface area (Å²) < 4.78 is 12.2. The van der Waals surface area contributed by atoms with Crippen molar-refractivity contribution in [1.82, 2.24) is 4.90 Å². The van der Waals surface area contributed by atoms with Crippen LogP contribution < -0.4 is 19.7 Å². The zero-order valence-corrected chi connectivity index (χ0v) is 25.3. The summed E-state index contributed by atoms with van der Waals surface area (Å²) in [7, 11) is 0. The monoisotopic (exact) mass is 563 g/mol. The van der Waals surface area contributed by atoms with E-state index in [1.807, 2.05) is 12.1 Å². The van der Waals surface area contributed by atoms with Gasteiger partial charge in [-0.2, -0.15) is 0 Å². The van der Waals surface area contributed by atoms with Crippen LogP contribution in [0.2, 0.25) is 5.02 Å². The van der Waals surface area contributed by atoms with Crippen LogP contribution in [0.1, 0.15) is 70.2 Å². The van der Waals surface area contributed by atoms with Crippen LogP contribution in [0.5, 0.6) is 11.5 Å². The number of rotatable bonds is 17. The molecule has 1 atom stereocenters. The standard InChI is InChI=1S/C34H46ClN3O2/c1-4-7-8-9-23-38-33-26-31(39-24-10-22-37(5-2)6-3)19-20-32(33)36-34(38)28-13-17-30(18-14-28)40-25-21-27-11-15-29(35)16-12-27/h11-20,26,34,36H,4-10,21-25H2,1-3H3. The van der Waals surface area contributed by atoms with Gasteiger partial charge in [-0.1, -0.05) is 75.9 Å². The van der Waals surface area contributed by atoms with E-state index in [1.165, 1.54) is 48.2 Å². The summed E-state index contributed by atoms with van der Waals surface area (Å²) in [5.41, 5.74) is 4.85. The zero-order valence-electron chi connectivity index (χ0n) is 24.5. The van der Waals surface area contributed by atoms with Gasteiger partial charge >= 0.3 is 0 Å². The van der Waals surface area contributed by atoms with E-state index in [9.17, 15) is 0 Å². The quantitative estimate of drug-likeness (QED) is 0.166. The van der Waals surface area contributed by atoms with Gasteiger partial charge in [-0.3, -0.25) is 0 Å². The van der Waals surface area contributed by atoms with E-state index in [0.717, 1.165) is 62.1 Å². The first-order valence-corrected chi connectivity index (χ1v) is 15.5. The Hall–Kier alpha value is -2.89. The van der Waals surface area contributed by atoms with Crippen molar-refractivity contribution in [3.63, 3.8) is 0 Å². The third-order valence-corrected chi connectivity index (χ3v) is 7.94. The second-order valence-electron chi connectivity index (χ2n) is 10.5. The molecule has 0 aromatic heterocycles. The molecule has 4 rings (SSSR count). The number of fused-ring (bicyclic) bond motifs is 1. The van der Waals surface area contributed by atoms with E-state index < -0.39 is 0 Å². The lowest BCUT2D eigenvalue weighted by Crippen LogP contribution is -2.29. The summed E-state index contributed by atoms with van der Waals surface area (Å²) in [6.45, 7) is 12.3. The maximum Gasteiger partial charge on any atom is 0.126 e. The fourth-order valence-corrected chi connectivity index (χ4v) is 5.38. The molecule has 1 N–H and O–H groups in total. The lowest BCUT2D eigenvalue weighted by molar-refractivity contribution is 0.249. The fourth-order valence-electron chi connectivity index (χ4n) is 5.25. The fraction of sp³-hybridized carbons (Fsp3) is 0.471. The normalized spacial score (nSPS) is 14.3. The molecule has 0 aliphatic carbocycles. The van der Waals surface area contributed by atoms with Crippen molar-refractivity contribution in [3.05, 3.63) is 82.9 Å². The summed E-state index contributed by atoms with van der Waals surface area (Å²) >= 11 is 6.00. The highest BCUT2D eigenvalue weighted by Gasteiger charge is 2.30. The molecule has 5 nitrogen and oxygen atoms in total. The maximum absolute atomic E-state index is 6.19. The summed E-state index contributed by atoms with van der Waals surface area (Å²) in [6, 6.07) is 23.0. The van der Waals surface area contributed by atoms with Crippen molar-refractivity contribution in [2.75, 3.05) is 49.6 Å². The predicted molar refractivity (Wildman–Crippen MR) is 169 cm³/mol. The Morgan fingerprint density at radius 3 is 2.25 bits per heavy atom. The molecule has 6 heteroatoms. The number of hydrogen-bond donors (Lipinski definition) is 1. The number of ether oxygens (including phenoxy) is 2. The summed E-state index contributed by atoms with van der Waals surface area (Å²) in [6.07, 6.45) is 6.92. The Morgan fingerprint density at radius 2 is 1.52 bits per heavy atom. The molecule has 0 saturated carbocycles.